The Balaban J connectivity index is 0.000000325. The van der Waals surface area contributed by atoms with Gasteiger partial charge in [0.2, 0.25) is 11.2 Å². The second-order valence-corrected chi connectivity index (χ2v) is 19.7. The van der Waals surface area contributed by atoms with Gasteiger partial charge in [0.15, 0.2) is 11.4 Å². The van der Waals surface area contributed by atoms with Crippen molar-refractivity contribution >= 4 is 67.2 Å². The number of halogens is 8. The molecule has 0 saturated heterocycles. The SMILES string of the molecule is C=CC[C@@](OCc1ccccc1)(C(=O)NNC(=O)c1nc(Br)c(C)cc1NC(=O)OC(C)(C)C)C(F)(F)F.C=CC[C@@](OCc1ccccc1)(c1nnc(-c2nc(Br)c(C)cc2NC(=O)OC(C)(C)C)o1)C(F)(F)F. The molecule has 4 amide bonds. The van der Waals surface area contributed by atoms with Crippen molar-refractivity contribution in [3.05, 3.63) is 141 Å². The van der Waals surface area contributed by atoms with Gasteiger partial charge in [0.05, 0.1) is 24.6 Å². The van der Waals surface area contributed by atoms with E-state index in [0.29, 0.717) is 26.9 Å². The molecule has 0 spiro atoms. The second-order valence-electron chi connectivity index (χ2n) is 18.2. The van der Waals surface area contributed by atoms with Crippen molar-refractivity contribution in [1.82, 2.24) is 31.0 Å². The molecule has 0 fully saturated rings. The number of rotatable bonds is 16. The number of alkyl halides is 6. The Morgan fingerprint density at radius 3 is 1.61 bits per heavy atom. The van der Waals surface area contributed by atoms with Crippen LogP contribution in [0.25, 0.3) is 11.6 Å². The fraction of sp³-hybridized carbons (Fsp3) is 0.360. The number of hydrogen-bond acceptors (Lipinski definition) is 13. The summed E-state index contributed by atoms with van der Waals surface area (Å²) in [5.74, 6) is -3.97. The third-order valence-corrected chi connectivity index (χ3v) is 11.5. The molecule has 2 atom stereocenters. The van der Waals surface area contributed by atoms with E-state index in [-0.39, 0.29) is 34.2 Å². The maximum atomic E-state index is 14.5. The minimum atomic E-state index is -5.17. The maximum absolute atomic E-state index is 14.5. The van der Waals surface area contributed by atoms with Crippen LogP contribution in [0, 0.1) is 13.8 Å². The summed E-state index contributed by atoms with van der Waals surface area (Å²) in [5, 5.41) is 12.4. The number of pyridine rings is 2. The van der Waals surface area contributed by atoms with Crippen LogP contribution in [-0.2, 0) is 42.6 Å². The van der Waals surface area contributed by atoms with Crippen molar-refractivity contribution < 1.29 is 68.9 Å². The van der Waals surface area contributed by atoms with Crippen LogP contribution in [0.4, 0.5) is 47.3 Å². The van der Waals surface area contributed by atoms with E-state index in [9.17, 15) is 45.5 Å². The number of hydrazine groups is 1. The van der Waals surface area contributed by atoms with Crippen LogP contribution >= 0.6 is 31.9 Å². The summed E-state index contributed by atoms with van der Waals surface area (Å²) in [7, 11) is 0. The highest BCUT2D eigenvalue weighted by Gasteiger charge is 2.62. The zero-order chi connectivity index (χ0) is 56.2. The molecular weight excluding hydrogens is 1130 g/mol. The van der Waals surface area contributed by atoms with Gasteiger partial charge in [0, 0.05) is 12.8 Å². The lowest BCUT2D eigenvalue weighted by Crippen LogP contribution is -2.61. The first kappa shape index (κ1) is 60.9. The van der Waals surface area contributed by atoms with Crippen molar-refractivity contribution in [2.24, 2.45) is 0 Å². The molecule has 0 aliphatic carbocycles. The molecule has 0 aliphatic rings. The fourth-order valence-electron chi connectivity index (χ4n) is 6.33. The highest BCUT2D eigenvalue weighted by molar-refractivity contribution is 9.10. The molecule has 2 aromatic carbocycles. The highest BCUT2D eigenvalue weighted by atomic mass is 79.9. The van der Waals surface area contributed by atoms with Crippen molar-refractivity contribution in [3.8, 4) is 11.6 Å². The van der Waals surface area contributed by atoms with E-state index in [1.54, 1.807) is 115 Å². The Labute approximate surface area is 444 Å². The van der Waals surface area contributed by atoms with Gasteiger partial charge in [-0.2, -0.15) is 26.3 Å². The van der Waals surface area contributed by atoms with Crippen LogP contribution in [0.2, 0.25) is 0 Å². The molecule has 0 unspecified atom stereocenters. The van der Waals surface area contributed by atoms with Crippen LogP contribution in [0.15, 0.2) is 112 Å². The lowest BCUT2D eigenvalue weighted by molar-refractivity contribution is -0.295. The first-order valence-electron chi connectivity index (χ1n) is 22.4. The minimum Gasteiger partial charge on any atom is -0.444 e. The van der Waals surface area contributed by atoms with Crippen LogP contribution in [0.1, 0.15) is 93.0 Å². The Morgan fingerprint density at radius 1 is 0.653 bits per heavy atom. The number of anilines is 2. The van der Waals surface area contributed by atoms with Crippen LogP contribution in [-0.4, -0.2) is 73.3 Å². The van der Waals surface area contributed by atoms with Gasteiger partial charge in [-0.1, -0.05) is 72.8 Å². The standard InChI is InChI=1S/C25H28BrF3N4O5.C25H26BrF3N4O4/c1-6-12-24(25(27,28)29,37-14-16-10-8-7-9-11-16)21(35)33-32-20(34)18-17(13-15(2)19(26)31-18)30-22(36)38-23(3,4)5;1-6-12-24(25(27,28)29,35-14-16-10-8-7-9-11-16)21-33-32-20(36-21)18-17(13-15(2)19(26)31-18)30-22(34)37-23(3,4)5/h6-11,13H,1,12,14H2,2-5H3,(H,30,36)(H,32,34)(H,33,35);6-11,13H,1,12,14H2,2-5H3,(H,30,34)/t2*24-/m11/s1. The number of aromatic nitrogens is 4. The summed E-state index contributed by atoms with van der Waals surface area (Å²) in [5.41, 5.74) is -2.61. The van der Waals surface area contributed by atoms with E-state index in [0.717, 1.165) is 12.2 Å². The molecule has 5 rings (SSSR count). The second kappa shape index (κ2) is 25.2. The lowest BCUT2D eigenvalue weighted by atomic mass is 9.97. The quantitative estimate of drug-likeness (QED) is 0.0313. The summed E-state index contributed by atoms with van der Waals surface area (Å²) in [6.45, 7) is 19.2. The zero-order valence-electron chi connectivity index (χ0n) is 41.8. The van der Waals surface area contributed by atoms with Gasteiger partial charge >= 0.3 is 24.5 Å². The first-order chi connectivity index (χ1) is 34.8. The molecule has 3 aromatic heterocycles. The van der Waals surface area contributed by atoms with Crippen molar-refractivity contribution in [1.29, 1.82) is 0 Å². The van der Waals surface area contributed by atoms with E-state index in [1.165, 1.54) is 18.2 Å². The third-order valence-electron chi connectivity index (χ3n) is 9.85. The van der Waals surface area contributed by atoms with E-state index < -0.39 is 89.8 Å². The van der Waals surface area contributed by atoms with E-state index in [2.05, 4.69) is 75.8 Å². The summed E-state index contributed by atoms with van der Waals surface area (Å²) in [6, 6.07) is 19.3. The molecule has 5 aromatic rings. The van der Waals surface area contributed by atoms with Crippen molar-refractivity contribution in [3.63, 3.8) is 0 Å². The van der Waals surface area contributed by atoms with Gasteiger partial charge in [-0.15, -0.1) is 23.4 Å². The number of aryl methyl sites for hydroxylation is 2. The van der Waals surface area contributed by atoms with Gasteiger partial charge in [-0.05, 0) is 122 Å². The molecule has 75 heavy (non-hydrogen) atoms. The van der Waals surface area contributed by atoms with Crippen LogP contribution in [0.5, 0.6) is 0 Å². The average Bonchev–Trinajstić information content (AvgIpc) is 3.80. The topological polar surface area (TPSA) is 218 Å². The summed E-state index contributed by atoms with van der Waals surface area (Å²) < 4.78 is 113. The lowest BCUT2D eigenvalue weighted by Gasteiger charge is -2.33. The smallest absolute Gasteiger partial charge is 0.427 e. The molecular formula is C50H54Br2F6N8O9. The normalized spacial score (nSPS) is 13.4. The maximum Gasteiger partial charge on any atom is 0.427 e. The zero-order valence-corrected chi connectivity index (χ0v) is 45.0. The number of amides is 4. The monoisotopic (exact) mass is 1180 g/mol. The number of nitrogens with zero attached hydrogens (tertiary/aromatic N) is 4. The Hall–Kier alpha value is -6.70. The predicted molar refractivity (Wildman–Crippen MR) is 271 cm³/mol. The number of ether oxygens (including phenoxy) is 4. The Kier molecular flexibility index (Phi) is 20.5. The van der Waals surface area contributed by atoms with E-state index in [4.69, 9.17) is 23.4 Å². The minimum absolute atomic E-state index is 0.0557. The molecule has 404 valence electrons. The van der Waals surface area contributed by atoms with Crippen molar-refractivity contribution in [2.45, 2.75) is 116 Å². The number of carbonyl (C=O) groups is 4. The largest absolute Gasteiger partial charge is 0.444 e. The molecule has 4 N–H and O–H groups in total. The molecule has 0 aliphatic heterocycles. The summed E-state index contributed by atoms with van der Waals surface area (Å²) >= 11 is 6.45. The fourth-order valence-corrected chi connectivity index (χ4v) is 6.91. The number of nitrogens with one attached hydrogen (secondary N) is 4. The highest BCUT2D eigenvalue weighted by Crippen LogP contribution is 2.46. The average molecular weight is 1180 g/mol. The Bertz CT molecular complexity index is 2830. The van der Waals surface area contributed by atoms with Gasteiger partial charge in [0.1, 0.15) is 20.4 Å². The van der Waals surface area contributed by atoms with Crippen LogP contribution < -0.4 is 21.5 Å². The molecule has 0 bridgehead atoms. The first-order valence-corrected chi connectivity index (χ1v) is 23.9. The van der Waals surface area contributed by atoms with Crippen LogP contribution in [0.3, 0.4) is 0 Å². The summed E-state index contributed by atoms with van der Waals surface area (Å²) in [4.78, 5) is 58.7. The van der Waals surface area contributed by atoms with Gasteiger partial charge in [0.25, 0.3) is 23.6 Å². The van der Waals surface area contributed by atoms with E-state index >= 15 is 0 Å². The molecule has 17 nitrogen and oxygen atoms in total. The van der Waals surface area contributed by atoms with E-state index in [1.807, 2.05) is 5.43 Å². The number of hydrogen-bond donors (Lipinski definition) is 4. The predicted octanol–water partition coefficient (Wildman–Crippen LogP) is 12.5. The van der Waals surface area contributed by atoms with Gasteiger partial charge in [-0.25, -0.2) is 19.6 Å². The summed E-state index contributed by atoms with van der Waals surface area (Å²) in [6.07, 6.45) is -11.4. The molecule has 0 radical (unpaired) electrons. The number of benzene rings is 2. The molecule has 25 heteroatoms. The third kappa shape index (κ3) is 16.6. The molecule has 0 saturated carbocycles. The van der Waals surface area contributed by atoms with Gasteiger partial charge in [-0.3, -0.25) is 31.1 Å². The van der Waals surface area contributed by atoms with Gasteiger partial charge < -0.3 is 23.4 Å². The van der Waals surface area contributed by atoms with Crippen molar-refractivity contribution in [2.75, 3.05) is 10.6 Å². The Morgan fingerprint density at radius 2 is 1.13 bits per heavy atom. The molecule has 3 heterocycles. The number of carbonyl (C=O) groups excluding carboxylic acids is 4.